The molecule has 1 fully saturated rings. The molecule has 3 N–H and O–H groups in total. The highest BCUT2D eigenvalue weighted by atomic mass is 35.5. The van der Waals surface area contributed by atoms with E-state index in [1.54, 1.807) is 24.5 Å². The summed E-state index contributed by atoms with van der Waals surface area (Å²) in [6.07, 6.45) is 8.88. The molecular weight excluding hydrogens is 428 g/mol. The number of hydrogen-bond acceptors (Lipinski definition) is 5. The topological polar surface area (TPSA) is 93.8 Å². The van der Waals surface area contributed by atoms with Crippen LogP contribution in [-0.2, 0) is 0 Å². The minimum absolute atomic E-state index is 0. The smallest absolute Gasteiger partial charge is 0.251 e. The fourth-order valence-corrected chi connectivity index (χ4v) is 3.15. The van der Waals surface area contributed by atoms with E-state index < -0.39 is 5.82 Å². The first-order chi connectivity index (χ1) is 13.5. The first kappa shape index (κ1) is 23.7. The van der Waals surface area contributed by atoms with Gasteiger partial charge in [-0.3, -0.25) is 14.8 Å². The summed E-state index contributed by atoms with van der Waals surface area (Å²) in [7, 11) is 0. The fraction of sp³-hybridized carbons (Fsp3) is 0.238. The largest absolute Gasteiger partial charge is 0.350 e. The normalized spacial score (nSPS) is 13.9. The summed E-state index contributed by atoms with van der Waals surface area (Å²) >= 11 is 0. The van der Waals surface area contributed by atoms with Gasteiger partial charge in [-0.05, 0) is 37.5 Å². The van der Waals surface area contributed by atoms with Gasteiger partial charge in [0.2, 0.25) is 0 Å². The second-order valence-electron chi connectivity index (χ2n) is 7.16. The number of nitrogens with two attached hydrogens (primary N) is 1. The van der Waals surface area contributed by atoms with Gasteiger partial charge in [-0.25, -0.2) is 9.37 Å². The Bertz CT molecular complexity index is 1010. The minimum Gasteiger partial charge on any atom is -0.350 e. The molecule has 0 radical (unpaired) electrons. The molecule has 0 aliphatic heterocycles. The lowest BCUT2D eigenvalue weighted by Gasteiger charge is -2.38. The van der Waals surface area contributed by atoms with E-state index in [2.05, 4.69) is 20.3 Å². The van der Waals surface area contributed by atoms with E-state index in [9.17, 15) is 9.18 Å². The predicted molar refractivity (Wildman–Crippen MR) is 118 cm³/mol. The Morgan fingerprint density at radius 2 is 1.63 bits per heavy atom. The molecule has 1 amide bonds. The number of nitrogens with zero attached hydrogens (tertiary/aromatic N) is 3. The quantitative estimate of drug-likeness (QED) is 0.617. The second-order valence-corrected chi connectivity index (χ2v) is 7.16. The third-order valence-corrected chi connectivity index (χ3v) is 5.03. The molecule has 30 heavy (non-hydrogen) atoms. The Kier molecular flexibility index (Phi) is 7.83. The Morgan fingerprint density at radius 1 is 1.00 bits per heavy atom. The summed E-state index contributed by atoms with van der Waals surface area (Å²) in [5.41, 5.74) is 8.97. The lowest BCUT2D eigenvalue weighted by atomic mass is 9.78. The van der Waals surface area contributed by atoms with Gasteiger partial charge in [0.15, 0.2) is 0 Å². The van der Waals surface area contributed by atoms with Crippen molar-refractivity contribution in [3.63, 3.8) is 0 Å². The molecule has 158 valence electrons. The van der Waals surface area contributed by atoms with Crippen LogP contribution in [0.2, 0.25) is 0 Å². The van der Waals surface area contributed by atoms with Crippen molar-refractivity contribution in [3.05, 3.63) is 66.5 Å². The van der Waals surface area contributed by atoms with Crippen LogP contribution in [0.25, 0.3) is 22.5 Å². The molecule has 0 saturated heterocycles. The Morgan fingerprint density at radius 3 is 2.23 bits per heavy atom. The number of halogens is 3. The average molecular weight is 450 g/mol. The highest BCUT2D eigenvalue weighted by molar-refractivity contribution is 5.94. The number of hydrogen-bond donors (Lipinski definition) is 2. The number of carbonyl (C=O) groups excluding carboxylic acids is 1. The van der Waals surface area contributed by atoms with E-state index in [0.717, 1.165) is 31.0 Å². The zero-order chi connectivity index (χ0) is 19.6. The molecule has 0 spiro atoms. The molecule has 6 nitrogen and oxygen atoms in total. The van der Waals surface area contributed by atoms with Crippen molar-refractivity contribution in [2.75, 3.05) is 6.54 Å². The standard InChI is InChI=1S/C21H20FN5O.2ClH/c22-17-8-16(9-24-10-17)19-12-25-11-18(27-19)14-2-4-15(5-3-14)20(28)26-13-21(23)6-1-7-21;;/h2-5,8-12H,1,6-7,13,23H2,(H,26,28);2*1H. The van der Waals surface area contributed by atoms with Gasteiger partial charge in [-0.1, -0.05) is 12.1 Å². The first-order valence-corrected chi connectivity index (χ1v) is 9.13. The van der Waals surface area contributed by atoms with Gasteiger partial charge in [-0.2, -0.15) is 0 Å². The van der Waals surface area contributed by atoms with Crippen LogP contribution in [0.5, 0.6) is 0 Å². The van der Waals surface area contributed by atoms with Gasteiger partial charge in [0.1, 0.15) is 5.82 Å². The van der Waals surface area contributed by atoms with Crippen LogP contribution in [0.15, 0.2) is 55.1 Å². The lowest BCUT2D eigenvalue weighted by Crippen LogP contribution is -2.54. The summed E-state index contributed by atoms with van der Waals surface area (Å²) in [4.78, 5) is 24.9. The van der Waals surface area contributed by atoms with Crippen molar-refractivity contribution in [2.45, 2.75) is 24.8 Å². The van der Waals surface area contributed by atoms with Gasteiger partial charge < -0.3 is 11.1 Å². The number of carbonyl (C=O) groups is 1. The third kappa shape index (κ3) is 5.30. The Hall–Kier alpha value is -2.61. The van der Waals surface area contributed by atoms with Crippen LogP contribution in [0.1, 0.15) is 29.6 Å². The van der Waals surface area contributed by atoms with Gasteiger partial charge in [0, 0.05) is 35.0 Å². The molecule has 0 atom stereocenters. The van der Waals surface area contributed by atoms with Gasteiger partial charge >= 0.3 is 0 Å². The van der Waals surface area contributed by atoms with E-state index in [1.807, 2.05) is 12.1 Å². The van der Waals surface area contributed by atoms with Crippen molar-refractivity contribution in [1.82, 2.24) is 20.3 Å². The number of nitrogens with one attached hydrogen (secondary N) is 1. The summed E-state index contributed by atoms with van der Waals surface area (Å²) in [5, 5.41) is 2.90. The second kappa shape index (κ2) is 9.93. The fourth-order valence-electron chi connectivity index (χ4n) is 3.15. The molecule has 0 bridgehead atoms. The van der Waals surface area contributed by atoms with Gasteiger partial charge in [-0.15, -0.1) is 24.8 Å². The molecule has 0 unspecified atom stereocenters. The molecule has 3 aromatic rings. The zero-order valence-corrected chi connectivity index (χ0v) is 17.7. The predicted octanol–water partition coefficient (Wildman–Crippen LogP) is 3.80. The van der Waals surface area contributed by atoms with E-state index in [1.165, 1.54) is 12.3 Å². The molecule has 1 aliphatic carbocycles. The maximum atomic E-state index is 13.4. The monoisotopic (exact) mass is 449 g/mol. The van der Waals surface area contributed by atoms with Crippen molar-refractivity contribution < 1.29 is 9.18 Å². The third-order valence-electron chi connectivity index (χ3n) is 5.03. The lowest BCUT2D eigenvalue weighted by molar-refractivity contribution is 0.0930. The van der Waals surface area contributed by atoms with Crippen LogP contribution in [0.4, 0.5) is 4.39 Å². The summed E-state index contributed by atoms with van der Waals surface area (Å²) < 4.78 is 13.4. The van der Waals surface area contributed by atoms with Crippen LogP contribution in [0, 0.1) is 5.82 Å². The van der Waals surface area contributed by atoms with Gasteiger partial charge in [0.25, 0.3) is 5.91 Å². The molecule has 1 aliphatic rings. The van der Waals surface area contributed by atoms with Crippen LogP contribution in [0.3, 0.4) is 0 Å². The van der Waals surface area contributed by atoms with Crippen LogP contribution in [-0.4, -0.2) is 32.9 Å². The molecular formula is C21H22Cl2FN5O. The Balaban J connectivity index is 0.00000160. The van der Waals surface area contributed by atoms with Crippen molar-refractivity contribution in [3.8, 4) is 22.5 Å². The highest BCUT2D eigenvalue weighted by Gasteiger charge is 2.32. The van der Waals surface area contributed by atoms with Crippen LogP contribution < -0.4 is 11.1 Å². The molecule has 4 rings (SSSR count). The molecule has 2 heterocycles. The van der Waals surface area contributed by atoms with Gasteiger partial charge in [0.05, 0.1) is 30.0 Å². The minimum atomic E-state index is -0.429. The van der Waals surface area contributed by atoms with E-state index in [0.29, 0.717) is 29.1 Å². The maximum Gasteiger partial charge on any atom is 0.251 e. The summed E-state index contributed by atoms with van der Waals surface area (Å²) in [6, 6.07) is 8.47. The number of rotatable bonds is 5. The van der Waals surface area contributed by atoms with Crippen molar-refractivity contribution in [2.24, 2.45) is 5.73 Å². The average Bonchev–Trinajstić information content (AvgIpc) is 2.71. The zero-order valence-electron chi connectivity index (χ0n) is 16.0. The number of amides is 1. The van der Waals surface area contributed by atoms with E-state index in [4.69, 9.17) is 5.73 Å². The van der Waals surface area contributed by atoms with E-state index >= 15 is 0 Å². The molecule has 9 heteroatoms. The maximum absolute atomic E-state index is 13.4. The summed E-state index contributed by atoms with van der Waals surface area (Å²) in [5.74, 6) is -0.574. The van der Waals surface area contributed by atoms with E-state index in [-0.39, 0.29) is 36.3 Å². The van der Waals surface area contributed by atoms with Crippen molar-refractivity contribution >= 4 is 30.7 Å². The Labute approximate surface area is 186 Å². The first-order valence-electron chi connectivity index (χ1n) is 9.13. The number of benzene rings is 1. The molecule has 1 saturated carbocycles. The summed E-state index contributed by atoms with van der Waals surface area (Å²) in [6.45, 7) is 0.489. The SMILES string of the molecule is Cl.Cl.NC1(CNC(=O)c2ccc(-c3cncc(-c4cncc(F)c4)n3)cc2)CCC1. The number of aromatic nitrogens is 3. The highest BCUT2D eigenvalue weighted by Crippen LogP contribution is 2.28. The molecule has 1 aromatic carbocycles. The van der Waals surface area contributed by atoms with Crippen molar-refractivity contribution in [1.29, 1.82) is 0 Å². The van der Waals surface area contributed by atoms with Crippen LogP contribution >= 0.6 is 24.8 Å². The number of pyridine rings is 1. The molecule has 2 aromatic heterocycles.